The molecule has 3 rings (SSSR count). The molecule has 1 N–H and O–H groups in total. The number of nitrogens with zero attached hydrogens (tertiary/aromatic N) is 1. The van der Waals surface area contributed by atoms with Crippen molar-refractivity contribution in [1.29, 1.82) is 0 Å². The van der Waals surface area contributed by atoms with Gasteiger partial charge in [-0.1, -0.05) is 12.1 Å². The summed E-state index contributed by atoms with van der Waals surface area (Å²) in [6.07, 6.45) is 1.50. The first-order valence-corrected chi connectivity index (χ1v) is 7.22. The number of hydrogen-bond acceptors (Lipinski definition) is 5. The van der Waals surface area contributed by atoms with Gasteiger partial charge in [-0.2, -0.15) is 0 Å². The second-order valence-electron chi connectivity index (χ2n) is 5.03. The van der Waals surface area contributed by atoms with Gasteiger partial charge in [0.1, 0.15) is 18.0 Å². The molecule has 3 aromatic rings. The molecule has 0 atom stereocenters. The van der Waals surface area contributed by atoms with Crippen molar-refractivity contribution in [2.24, 2.45) is 0 Å². The number of carbonyl (C=O) groups is 2. The third kappa shape index (κ3) is 2.83. The van der Waals surface area contributed by atoms with E-state index >= 15 is 0 Å². The van der Waals surface area contributed by atoms with E-state index in [1.165, 1.54) is 20.5 Å². The minimum atomic E-state index is -0.536. The van der Waals surface area contributed by atoms with E-state index in [0.29, 0.717) is 22.5 Å². The van der Waals surface area contributed by atoms with Crippen molar-refractivity contribution in [3.63, 3.8) is 0 Å². The number of rotatable bonds is 5. The molecule has 0 saturated heterocycles. The van der Waals surface area contributed by atoms with Crippen LogP contribution in [-0.2, 0) is 16.1 Å². The van der Waals surface area contributed by atoms with Crippen LogP contribution in [0.2, 0.25) is 0 Å². The number of hydrogen-bond donors (Lipinski definition) is 1. The normalized spacial score (nSPS) is 10.6. The minimum Gasteiger partial charge on any atom is -0.495 e. The van der Waals surface area contributed by atoms with Gasteiger partial charge in [0.2, 0.25) is 5.91 Å². The average molecular weight is 328 g/mol. The summed E-state index contributed by atoms with van der Waals surface area (Å²) in [4.78, 5) is 24.3. The van der Waals surface area contributed by atoms with Crippen molar-refractivity contribution in [2.45, 2.75) is 6.54 Å². The molecule has 1 amide bonds. The van der Waals surface area contributed by atoms with Crippen molar-refractivity contribution < 1.29 is 23.5 Å². The SMILES string of the molecule is COC(=O)c1cc2occc2n1CC(=O)Nc1ccccc1OC. The topological polar surface area (TPSA) is 82.7 Å². The number of esters is 1. The largest absolute Gasteiger partial charge is 0.495 e. The van der Waals surface area contributed by atoms with E-state index in [0.717, 1.165) is 0 Å². The number of aromatic nitrogens is 1. The van der Waals surface area contributed by atoms with Crippen LogP contribution in [0, 0.1) is 0 Å². The van der Waals surface area contributed by atoms with Crippen LogP contribution in [-0.4, -0.2) is 30.7 Å². The van der Waals surface area contributed by atoms with Gasteiger partial charge in [0.25, 0.3) is 0 Å². The van der Waals surface area contributed by atoms with Gasteiger partial charge in [-0.25, -0.2) is 4.79 Å². The van der Waals surface area contributed by atoms with Gasteiger partial charge in [-0.3, -0.25) is 4.79 Å². The van der Waals surface area contributed by atoms with Crippen LogP contribution in [0.5, 0.6) is 5.75 Å². The van der Waals surface area contributed by atoms with Crippen molar-refractivity contribution in [2.75, 3.05) is 19.5 Å². The molecule has 7 nitrogen and oxygen atoms in total. The molecule has 0 aliphatic heterocycles. The number of furan rings is 1. The molecular formula is C17H16N2O5. The predicted molar refractivity (Wildman–Crippen MR) is 87.2 cm³/mol. The van der Waals surface area contributed by atoms with Crippen molar-refractivity contribution in [1.82, 2.24) is 4.57 Å². The Hall–Kier alpha value is -3.22. The number of nitrogens with one attached hydrogen (secondary N) is 1. The summed E-state index contributed by atoms with van der Waals surface area (Å²) >= 11 is 0. The third-order valence-electron chi connectivity index (χ3n) is 3.60. The Labute approximate surface area is 137 Å². The molecule has 0 aliphatic carbocycles. The fourth-order valence-corrected chi connectivity index (χ4v) is 2.50. The molecule has 1 aromatic carbocycles. The van der Waals surface area contributed by atoms with Crippen LogP contribution in [0.15, 0.2) is 47.1 Å². The summed E-state index contributed by atoms with van der Waals surface area (Å²) in [5.74, 6) is -0.283. The van der Waals surface area contributed by atoms with E-state index in [1.54, 1.807) is 34.9 Å². The first kappa shape index (κ1) is 15.7. The molecule has 2 heterocycles. The molecule has 124 valence electrons. The standard InChI is InChI=1S/C17H16N2O5/c1-22-14-6-4-3-5-11(14)18-16(20)10-19-12-7-8-24-15(12)9-13(19)17(21)23-2/h3-9H,10H2,1-2H3,(H,18,20). The Morgan fingerprint density at radius 2 is 2.00 bits per heavy atom. The maximum Gasteiger partial charge on any atom is 0.354 e. The second kappa shape index (κ2) is 6.49. The van der Waals surface area contributed by atoms with Crippen LogP contribution in [0.1, 0.15) is 10.5 Å². The Kier molecular flexibility index (Phi) is 4.24. The minimum absolute atomic E-state index is 0.0640. The Bertz CT molecular complexity index is 893. The van der Waals surface area contributed by atoms with Gasteiger partial charge in [0.05, 0.1) is 31.7 Å². The number of amides is 1. The van der Waals surface area contributed by atoms with E-state index in [2.05, 4.69) is 5.32 Å². The molecule has 2 aromatic heterocycles. The number of anilines is 1. The third-order valence-corrected chi connectivity index (χ3v) is 3.60. The zero-order valence-electron chi connectivity index (χ0n) is 13.2. The van der Waals surface area contributed by atoms with Crippen molar-refractivity contribution in [3.05, 3.63) is 48.4 Å². The molecule has 0 bridgehead atoms. The van der Waals surface area contributed by atoms with Crippen LogP contribution in [0.25, 0.3) is 11.1 Å². The molecule has 0 radical (unpaired) electrons. The van der Waals surface area contributed by atoms with E-state index in [9.17, 15) is 9.59 Å². The highest BCUT2D eigenvalue weighted by Crippen LogP contribution is 2.24. The molecular weight excluding hydrogens is 312 g/mol. The van der Waals surface area contributed by atoms with Gasteiger partial charge in [0.15, 0.2) is 5.58 Å². The van der Waals surface area contributed by atoms with E-state index < -0.39 is 5.97 Å². The lowest BCUT2D eigenvalue weighted by Gasteiger charge is -2.12. The smallest absolute Gasteiger partial charge is 0.354 e. The number of para-hydroxylation sites is 2. The summed E-state index contributed by atoms with van der Waals surface area (Å²) in [6.45, 7) is -0.0640. The number of methoxy groups -OCH3 is 2. The van der Waals surface area contributed by atoms with Crippen LogP contribution in [0.4, 0.5) is 5.69 Å². The fraction of sp³-hybridized carbons (Fsp3) is 0.176. The van der Waals surface area contributed by atoms with E-state index in [-0.39, 0.29) is 18.1 Å². The van der Waals surface area contributed by atoms with E-state index in [1.807, 2.05) is 6.07 Å². The maximum atomic E-state index is 12.4. The van der Waals surface area contributed by atoms with Gasteiger partial charge in [0, 0.05) is 12.1 Å². The van der Waals surface area contributed by atoms with Gasteiger partial charge >= 0.3 is 5.97 Å². The molecule has 7 heteroatoms. The predicted octanol–water partition coefficient (Wildman–Crippen LogP) is 2.67. The zero-order chi connectivity index (χ0) is 17.1. The summed E-state index contributed by atoms with van der Waals surface area (Å²) in [7, 11) is 2.82. The molecule has 0 saturated carbocycles. The number of carbonyl (C=O) groups excluding carboxylic acids is 2. The van der Waals surface area contributed by atoms with Crippen LogP contribution >= 0.6 is 0 Å². The second-order valence-corrected chi connectivity index (χ2v) is 5.03. The zero-order valence-corrected chi connectivity index (χ0v) is 13.2. The Morgan fingerprint density at radius 3 is 2.75 bits per heavy atom. The fourth-order valence-electron chi connectivity index (χ4n) is 2.50. The maximum absolute atomic E-state index is 12.4. The van der Waals surface area contributed by atoms with E-state index in [4.69, 9.17) is 13.9 Å². The summed E-state index contributed by atoms with van der Waals surface area (Å²) in [5.41, 5.74) is 1.97. The van der Waals surface area contributed by atoms with Crippen LogP contribution < -0.4 is 10.1 Å². The highest BCUT2D eigenvalue weighted by molar-refractivity contribution is 5.97. The van der Waals surface area contributed by atoms with Gasteiger partial charge in [-0.15, -0.1) is 0 Å². The monoisotopic (exact) mass is 328 g/mol. The van der Waals surface area contributed by atoms with Crippen molar-refractivity contribution >= 4 is 28.7 Å². The molecule has 24 heavy (non-hydrogen) atoms. The average Bonchev–Trinajstić information content (AvgIpc) is 3.17. The quantitative estimate of drug-likeness (QED) is 0.728. The van der Waals surface area contributed by atoms with Crippen molar-refractivity contribution in [3.8, 4) is 5.75 Å². The first-order chi connectivity index (χ1) is 11.6. The molecule has 0 unspecified atom stereocenters. The number of ether oxygens (including phenoxy) is 2. The Balaban J connectivity index is 1.87. The highest BCUT2D eigenvalue weighted by Gasteiger charge is 2.20. The Morgan fingerprint density at radius 1 is 1.21 bits per heavy atom. The number of fused-ring (bicyclic) bond motifs is 1. The lowest BCUT2D eigenvalue weighted by Crippen LogP contribution is -2.21. The summed E-state index contributed by atoms with van der Waals surface area (Å²) in [5, 5.41) is 2.77. The van der Waals surface area contributed by atoms with Gasteiger partial charge in [-0.05, 0) is 12.1 Å². The molecule has 0 aliphatic rings. The first-order valence-electron chi connectivity index (χ1n) is 7.22. The molecule has 0 fully saturated rings. The lowest BCUT2D eigenvalue weighted by atomic mass is 10.3. The van der Waals surface area contributed by atoms with Crippen LogP contribution in [0.3, 0.4) is 0 Å². The highest BCUT2D eigenvalue weighted by atomic mass is 16.5. The molecule has 0 spiro atoms. The lowest BCUT2D eigenvalue weighted by molar-refractivity contribution is -0.116. The summed E-state index contributed by atoms with van der Waals surface area (Å²) < 4.78 is 16.8. The van der Waals surface area contributed by atoms with Gasteiger partial charge < -0.3 is 23.8 Å². The summed E-state index contributed by atoms with van der Waals surface area (Å²) in [6, 6.07) is 10.3. The number of benzene rings is 1.